The van der Waals surface area contributed by atoms with Crippen molar-refractivity contribution >= 4 is 11.7 Å². The van der Waals surface area contributed by atoms with Crippen LogP contribution in [0.25, 0.3) is 0 Å². The summed E-state index contributed by atoms with van der Waals surface area (Å²) in [7, 11) is 0. The van der Waals surface area contributed by atoms with Gasteiger partial charge in [-0.2, -0.15) is 0 Å². The predicted octanol–water partition coefficient (Wildman–Crippen LogP) is 2.92. The van der Waals surface area contributed by atoms with Crippen LogP contribution in [0.2, 0.25) is 0 Å². The average Bonchev–Trinajstić information content (AvgIpc) is 2.63. The number of ketones is 1. The lowest BCUT2D eigenvalue weighted by Gasteiger charge is -2.23. The maximum Gasteiger partial charge on any atom is 0.248 e. The number of amides is 1. The minimum atomic E-state index is -0.555. The first kappa shape index (κ1) is 16.2. The molecule has 3 rings (SSSR count). The van der Waals surface area contributed by atoms with Gasteiger partial charge in [0.2, 0.25) is 5.91 Å². The summed E-state index contributed by atoms with van der Waals surface area (Å²) in [5.74, 6) is -0.0521. The van der Waals surface area contributed by atoms with Crippen molar-refractivity contribution in [1.29, 1.82) is 0 Å². The summed E-state index contributed by atoms with van der Waals surface area (Å²) < 4.78 is 11.3. The van der Waals surface area contributed by atoms with Gasteiger partial charge in [0.1, 0.15) is 5.75 Å². The number of carbonyl (C=O) groups excluding carboxylic acids is 2. The zero-order valence-corrected chi connectivity index (χ0v) is 13.2. The van der Waals surface area contributed by atoms with E-state index in [0.717, 1.165) is 25.9 Å². The highest BCUT2D eigenvalue weighted by Gasteiger charge is 2.16. The van der Waals surface area contributed by atoms with Crippen molar-refractivity contribution in [3.05, 3.63) is 65.2 Å². The van der Waals surface area contributed by atoms with Gasteiger partial charge in [0, 0.05) is 23.1 Å². The van der Waals surface area contributed by atoms with Crippen LogP contribution in [0.1, 0.15) is 45.5 Å². The van der Waals surface area contributed by atoms with Gasteiger partial charge in [-0.25, -0.2) is 0 Å². The second-order valence-corrected chi connectivity index (χ2v) is 5.71. The van der Waals surface area contributed by atoms with E-state index in [2.05, 4.69) is 0 Å². The lowest BCUT2D eigenvalue weighted by molar-refractivity contribution is -0.105. The Kier molecular flexibility index (Phi) is 4.91. The SMILES string of the molecule is NC(=O)c1cccc(C(=O)c2ccc(OC3CCCCO3)cc2)c1. The van der Waals surface area contributed by atoms with E-state index in [4.69, 9.17) is 15.2 Å². The number of nitrogens with two attached hydrogens (primary N) is 1. The number of hydrogen-bond donors (Lipinski definition) is 1. The highest BCUT2D eigenvalue weighted by Crippen LogP contribution is 2.21. The Labute approximate surface area is 140 Å². The van der Waals surface area contributed by atoms with E-state index in [1.165, 1.54) is 6.07 Å². The largest absolute Gasteiger partial charge is 0.465 e. The topological polar surface area (TPSA) is 78.6 Å². The molecular weight excluding hydrogens is 306 g/mol. The Morgan fingerprint density at radius 1 is 1.00 bits per heavy atom. The van der Waals surface area contributed by atoms with E-state index in [1.54, 1.807) is 42.5 Å². The van der Waals surface area contributed by atoms with Gasteiger partial charge in [-0.1, -0.05) is 12.1 Å². The third-order valence-corrected chi connectivity index (χ3v) is 3.93. The van der Waals surface area contributed by atoms with Gasteiger partial charge in [-0.15, -0.1) is 0 Å². The minimum absolute atomic E-state index is 0.168. The molecule has 0 saturated carbocycles. The van der Waals surface area contributed by atoms with E-state index in [0.29, 0.717) is 22.4 Å². The smallest absolute Gasteiger partial charge is 0.248 e. The number of ether oxygens (including phenoxy) is 2. The molecule has 1 aliphatic heterocycles. The summed E-state index contributed by atoms with van der Waals surface area (Å²) in [6.45, 7) is 0.720. The molecule has 0 radical (unpaired) electrons. The van der Waals surface area contributed by atoms with E-state index in [-0.39, 0.29) is 12.1 Å². The van der Waals surface area contributed by atoms with E-state index >= 15 is 0 Å². The summed E-state index contributed by atoms with van der Waals surface area (Å²) in [5, 5.41) is 0. The zero-order chi connectivity index (χ0) is 16.9. The molecule has 124 valence electrons. The molecule has 5 heteroatoms. The summed E-state index contributed by atoms with van der Waals surface area (Å²) in [6, 6.07) is 13.3. The molecule has 5 nitrogen and oxygen atoms in total. The monoisotopic (exact) mass is 325 g/mol. The number of hydrogen-bond acceptors (Lipinski definition) is 4. The van der Waals surface area contributed by atoms with Crippen molar-refractivity contribution in [1.82, 2.24) is 0 Å². The molecule has 1 unspecified atom stereocenters. The van der Waals surface area contributed by atoms with Gasteiger partial charge in [0.15, 0.2) is 12.1 Å². The van der Waals surface area contributed by atoms with Gasteiger partial charge < -0.3 is 15.2 Å². The fourth-order valence-corrected chi connectivity index (χ4v) is 2.62. The predicted molar refractivity (Wildman–Crippen MR) is 89.1 cm³/mol. The molecule has 2 aromatic rings. The lowest BCUT2D eigenvalue weighted by atomic mass is 10.0. The quantitative estimate of drug-likeness (QED) is 0.857. The van der Waals surface area contributed by atoms with Crippen LogP contribution in [-0.4, -0.2) is 24.6 Å². The van der Waals surface area contributed by atoms with Crippen molar-refractivity contribution in [2.45, 2.75) is 25.6 Å². The van der Waals surface area contributed by atoms with Crippen molar-refractivity contribution in [2.24, 2.45) is 5.73 Å². The molecule has 2 aromatic carbocycles. The van der Waals surface area contributed by atoms with Crippen molar-refractivity contribution in [2.75, 3.05) is 6.61 Å². The molecule has 2 N–H and O–H groups in total. The van der Waals surface area contributed by atoms with Crippen molar-refractivity contribution in [3.8, 4) is 5.75 Å². The molecule has 1 saturated heterocycles. The van der Waals surface area contributed by atoms with Gasteiger partial charge in [-0.05, 0) is 49.2 Å². The number of benzene rings is 2. The van der Waals surface area contributed by atoms with Crippen LogP contribution in [-0.2, 0) is 4.74 Å². The van der Waals surface area contributed by atoms with Crippen LogP contribution >= 0.6 is 0 Å². The van der Waals surface area contributed by atoms with Gasteiger partial charge >= 0.3 is 0 Å². The molecule has 1 aliphatic rings. The molecule has 1 atom stereocenters. The third-order valence-electron chi connectivity index (χ3n) is 3.93. The number of rotatable bonds is 5. The molecule has 1 amide bonds. The summed E-state index contributed by atoms with van der Waals surface area (Å²) >= 11 is 0. The van der Waals surface area contributed by atoms with Crippen LogP contribution in [0, 0.1) is 0 Å². The second-order valence-electron chi connectivity index (χ2n) is 5.71. The first-order valence-corrected chi connectivity index (χ1v) is 7.96. The maximum absolute atomic E-state index is 12.5. The third kappa shape index (κ3) is 3.81. The molecule has 1 heterocycles. The summed E-state index contributed by atoms with van der Waals surface area (Å²) in [4.78, 5) is 23.7. The second kappa shape index (κ2) is 7.27. The Bertz CT molecular complexity index is 733. The molecule has 0 bridgehead atoms. The molecule has 0 spiro atoms. The van der Waals surface area contributed by atoms with E-state index in [9.17, 15) is 9.59 Å². The highest BCUT2D eigenvalue weighted by atomic mass is 16.7. The van der Waals surface area contributed by atoms with Crippen LogP contribution in [0.5, 0.6) is 5.75 Å². The molecule has 1 fully saturated rings. The first-order valence-electron chi connectivity index (χ1n) is 7.96. The van der Waals surface area contributed by atoms with E-state index in [1.807, 2.05) is 0 Å². The van der Waals surface area contributed by atoms with Crippen LogP contribution in [0.15, 0.2) is 48.5 Å². The van der Waals surface area contributed by atoms with Gasteiger partial charge in [0.25, 0.3) is 0 Å². The Morgan fingerprint density at radius 2 is 1.75 bits per heavy atom. The van der Waals surface area contributed by atoms with Crippen LogP contribution in [0.3, 0.4) is 0 Å². The molecule has 0 aliphatic carbocycles. The Morgan fingerprint density at radius 3 is 2.42 bits per heavy atom. The molecule has 24 heavy (non-hydrogen) atoms. The van der Waals surface area contributed by atoms with Gasteiger partial charge in [0.05, 0.1) is 6.61 Å². The maximum atomic E-state index is 12.5. The number of carbonyl (C=O) groups is 2. The van der Waals surface area contributed by atoms with Crippen LogP contribution < -0.4 is 10.5 Å². The van der Waals surface area contributed by atoms with E-state index < -0.39 is 5.91 Å². The zero-order valence-electron chi connectivity index (χ0n) is 13.2. The fraction of sp³-hybridized carbons (Fsp3) is 0.263. The molecule has 0 aromatic heterocycles. The van der Waals surface area contributed by atoms with Crippen molar-refractivity contribution < 1.29 is 19.1 Å². The Hall–Kier alpha value is -2.66. The first-order chi connectivity index (χ1) is 11.6. The summed E-state index contributed by atoms with van der Waals surface area (Å²) in [5.41, 5.74) is 6.51. The average molecular weight is 325 g/mol. The normalized spacial score (nSPS) is 17.2. The Balaban J connectivity index is 1.71. The lowest BCUT2D eigenvalue weighted by Crippen LogP contribution is -2.24. The summed E-state index contributed by atoms with van der Waals surface area (Å²) in [6.07, 6.45) is 2.82. The molecular formula is C19H19NO4. The van der Waals surface area contributed by atoms with Crippen molar-refractivity contribution in [3.63, 3.8) is 0 Å². The standard InChI is InChI=1S/C19H19NO4/c20-19(22)15-5-3-4-14(12-15)18(21)13-7-9-16(10-8-13)24-17-6-1-2-11-23-17/h3-5,7-10,12,17H,1-2,6,11H2,(H2,20,22). The fourth-order valence-electron chi connectivity index (χ4n) is 2.62. The highest BCUT2D eigenvalue weighted by molar-refractivity contribution is 6.10. The van der Waals surface area contributed by atoms with Gasteiger partial charge in [-0.3, -0.25) is 9.59 Å². The minimum Gasteiger partial charge on any atom is -0.465 e. The number of primary amides is 1. The van der Waals surface area contributed by atoms with Crippen LogP contribution in [0.4, 0.5) is 0 Å².